The summed E-state index contributed by atoms with van der Waals surface area (Å²) in [5.41, 5.74) is 1.01. The minimum atomic E-state index is -3.45. The number of sulfonamides is 1. The maximum atomic E-state index is 11.3. The second-order valence-corrected chi connectivity index (χ2v) is 5.85. The minimum Gasteiger partial charge on any atom is -0.373 e. The van der Waals surface area contributed by atoms with Gasteiger partial charge in [0.2, 0.25) is 10.0 Å². The van der Waals surface area contributed by atoms with Crippen molar-refractivity contribution in [1.82, 2.24) is 0 Å². The van der Waals surface area contributed by atoms with E-state index in [9.17, 15) is 8.42 Å². The molecule has 1 saturated heterocycles. The monoisotopic (exact) mass is 241 g/mol. The quantitative estimate of drug-likeness (QED) is 0.845. The van der Waals surface area contributed by atoms with Gasteiger partial charge in [0, 0.05) is 6.61 Å². The maximum absolute atomic E-state index is 11.3. The summed E-state index contributed by atoms with van der Waals surface area (Å²) < 4.78 is 28.1. The van der Waals surface area contributed by atoms with Crippen molar-refractivity contribution < 1.29 is 13.2 Å². The van der Waals surface area contributed by atoms with E-state index in [1.165, 1.54) is 0 Å². The Morgan fingerprint density at radius 1 is 1.25 bits per heavy atom. The number of nitrogens with two attached hydrogens (primary N) is 1. The van der Waals surface area contributed by atoms with Gasteiger partial charge in [0.15, 0.2) is 0 Å². The van der Waals surface area contributed by atoms with Crippen LogP contribution in [0, 0.1) is 0 Å². The van der Waals surface area contributed by atoms with Crippen molar-refractivity contribution in [3.8, 4) is 0 Å². The molecule has 1 aliphatic rings. The summed E-state index contributed by atoms with van der Waals surface area (Å²) in [5, 5.41) is 4.69. The van der Waals surface area contributed by atoms with Crippen LogP contribution in [-0.2, 0) is 14.8 Å². The Hall–Kier alpha value is -0.910. The lowest BCUT2D eigenvalue weighted by atomic mass is 10.0. The Morgan fingerprint density at radius 2 is 1.94 bits per heavy atom. The fourth-order valence-electron chi connectivity index (χ4n) is 1.96. The van der Waals surface area contributed by atoms with Gasteiger partial charge < -0.3 is 4.74 Å². The van der Waals surface area contributed by atoms with Crippen LogP contribution in [0.4, 0.5) is 0 Å². The van der Waals surface area contributed by atoms with E-state index in [0.29, 0.717) is 19.4 Å². The van der Waals surface area contributed by atoms with Crippen molar-refractivity contribution in [2.75, 3.05) is 6.61 Å². The van der Waals surface area contributed by atoms with Gasteiger partial charge in [-0.15, -0.1) is 0 Å². The second-order valence-electron chi connectivity index (χ2n) is 4.01. The first-order valence-corrected chi connectivity index (χ1v) is 6.86. The number of rotatable bonds is 2. The summed E-state index contributed by atoms with van der Waals surface area (Å²) in [4.78, 5) is 0. The van der Waals surface area contributed by atoms with E-state index in [1.807, 2.05) is 30.3 Å². The molecule has 1 aromatic rings. The summed E-state index contributed by atoms with van der Waals surface area (Å²) in [6.45, 7) is 0.445. The average molecular weight is 241 g/mol. The van der Waals surface area contributed by atoms with Gasteiger partial charge in [0.1, 0.15) is 0 Å². The third-order valence-corrected chi connectivity index (χ3v) is 4.23. The summed E-state index contributed by atoms with van der Waals surface area (Å²) >= 11 is 0. The maximum Gasteiger partial charge on any atom is 0.212 e. The standard InChI is InChI=1S/C11H15NO3S/c12-16(13,14)10-6-7-15-11(8-10)9-4-2-1-3-5-9/h1-5,10-11H,6-8H2,(H2,12,13,14). The molecule has 0 saturated carbocycles. The van der Waals surface area contributed by atoms with Gasteiger partial charge in [-0.3, -0.25) is 0 Å². The highest BCUT2D eigenvalue weighted by Crippen LogP contribution is 2.30. The lowest BCUT2D eigenvalue weighted by Crippen LogP contribution is -2.35. The van der Waals surface area contributed by atoms with E-state index in [4.69, 9.17) is 9.88 Å². The predicted octanol–water partition coefficient (Wildman–Crippen LogP) is 1.20. The molecule has 1 aliphatic heterocycles. The molecule has 0 amide bonds. The van der Waals surface area contributed by atoms with Crippen LogP contribution < -0.4 is 5.14 Å². The molecule has 88 valence electrons. The summed E-state index contributed by atoms with van der Waals surface area (Å²) in [7, 11) is -3.45. The fraction of sp³-hybridized carbons (Fsp3) is 0.455. The molecule has 1 fully saturated rings. The first-order valence-electron chi connectivity index (χ1n) is 5.25. The lowest BCUT2D eigenvalue weighted by Gasteiger charge is -2.28. The average Bonchev–Trinajstić information content (AvgIpc) is 2.29. The second kappa shape index (κ2) is 4.53. The molecule has 0 bridgehead atoms. The third-order valence-electron chi connectivity index (χ3n) is 2.87. The molecule has 2 N–H and O–H groups in total. The smallest absolute Gasteiger partial charge is 0.212 e. The van der Waals surface area contributed by atoms with Crippen molar-refractivity contribution in [3.63, 3.8) is 0 Å². The minimum absolute atomic E-state index is 0.154. The number of benzene rings is 1. The molecule has 1 aromatic carbocycles. The first kappa shape index (κ1) is 11.6. The first-order chi connectivity index (χ1) is 7.57. The molecule has 0 aliphatic carbocycles. The van der Waals surface area contributed by atoms with Gasteiger partial charge in [0.25, 0.3) is 0 Å². The molecule has 2 rings (SSSR count). The van der Waals surface area contributed by atoms with Crippen LogP contribution >= 0.6 is 0 Å². The summed E-state index contributed by atoms with van der Waals surface area (Å²) in [6, 6.07) is 9.63. The SMILES string of the molecule is NS(=O)(=O)C1CCOC(c2ccccc2)C1. The normalized spacial score (nSPS) is 26.6. The summed E-state index contributed by atoms with van der Waals surface area (Å²) in [6.07, 6.45) is 0.781. The number of primary sulfonamides is 1. The number of ether oxygens (including phenoxy) is 1. The van der Waals surface area contributed by atoms with Crippen molar-refractivity contribution in [2.24, 2.45) is 5.14 Å². The van der Waals surface area contributed by atoms with Gasteiger partial charge in [-0.2, -0.15) is 0 Å². The Kier molecular flexibility index (Phi) is 3.28. The van der Waals surface area contributed by atoms with Crippen molar-refractivity contribution in [2.45, 2.75) is 24.2 Å². The highest BCUT2D eigenvalue weighted by Gasteiger charge is 2.30. The van der Waals surface area contributed by atoms with Crippen LogP contribution in [0.25, 0.3) is 0 Å². The van der Waals surface area contributed by atoms with Crippen LogP contribution in [0.1, 0.15) is 24.5 Å². The molecule has 0 aromatic heterocycles. The van der Waals surface area contributed by atoms with Gasteiger partial charge in [0.05, 0.1) is 11.4 Å². The topological polar surface area (TPSA) is 69.4 Å². The number of hydrogen-bond donors (Lipinski definition) is 1. The van der Waals surface area contributed by atoms with Crippen LogP contribution in [-0.4, -0.2) is 20.3 Å². The zero-order chi connectivity index (χ0) is 11.6. The molecule has 2 unspecified atom stereocenters. The van der Waals surface area contributed by atoms with Gasteiger partial charge >= 0.3 is 0 Å². The van der Waals surface area contributed by atoms with Gasteiger partial charge in [-0.05, 0) is 18.4 Å². The lowest BCUT2D eigenvalue weighted by molar-refractivity contribution is 0.0166. The van der Waals surface area contributed by atoms with Crippen LogP contribution in [0.2, 0.25) is 0 Å². The molecule has 0 spiro atoms. The van der Waals surface area contributed by atoms with Gasteiger partial charge in [-0.25, -0.2) is 13.6 Å². The highest BCUT2D eigenvalue weighted by atomic mass is 32.2. The molecule has 4 nitrogen and oxygen atoms in total. The Labute approximate surface area is 95.5 Å². The fourth-order valence-corrected chi connectivity index (χ4v) is 2.83. The van der Waals surface area contributed by atoms with Crippen LogP contribution in [0.3, 0.4) is 0 Å². The van der Waals surface area contributed by atoms with E-state index < -0.39 is 15.3 Å². The Balaban J connectivity index is 2.14. The molecule has 1 heterocycles. The van der Waals surface area contributed by atoms with E-state index in [-0.39, 0.29) is 6.10 Å². The van der Waals surface area contributed by atoms with Gasteiger partial charge in [-0.1, -0.05) is 30.3 Å². The summed E-state index contributed by atoms with van der Waals surface area (Å²) in [5.74, 6) is 0. The Bertz CT molecular complexity index is 444. The van der Waals surface area contributed by atoms with Crippen LogP contribution in [0.5, 0.6) is 0 Å². The molecular formula is C11H15NO3S. The molecular weight excluding hydrogens is 226 g/mol. The highest BCUT2D eigenvalue weighted by molar-refractivity contribution is 7.89. The van der Waals surface area contributed by atoms with Crippen molar-refractivity contribution in [3.05, 3.63) is 35.9 Å². The molecule has 5 heteroatoms. The Morgan fingerprint density at radius 3 is 2.56 bits per heavy atom. The zero-order valence-electron chi connectivity index (χ0n) is 8.87. The van der Waals surface area contributed by atoms with Crippen LogP contribution in [0.15, 0.2) is 30.3 Å². The molecule has 16 heavy (non-hydrogen) atoms. The molecule has 2 atom stereocenters. The largest absolute Gasteiger partial charge is 0.373 e. The predicted molar refractivity (Wildman–Crippen MR) is 61.3 cm³/mol. The van der Waals surface area contributed by atoms with E-state index in [1.54, 1.807) is 0 Å². The van der Waals surface area contributed by atoms with E-state index >= 15 is 0 Å². The van der Waals surface area contributed by atoms with E-state index in [2.05, 4.69) is 0 Å². The molecule has 0 radical (unpaired) electrons. The van der Waals surface area contributed by atoms with Crippen molar-refractivity contribution >= 4 is 10.0 Å². The van der Waals surface area contributed by atoms with Crippen molar-refractivity contribution in [1.29, 1.82) is 0 Å². The third kappa shape index (κ3) is 2.61. The van der Waals surface area contributed by atoms with E-state index in [0.717, 1.165) is 5.56 Å². The number of hydrogen-bond acceptors (Lipinski definition) is 3. The zero-order valence-corrected chi connectivity index (χ0v) is 9.69.